The molecular weight excluding hydrogens is 340 g/mol. The Bertz CT molecular complexity index is 762. The fraction of sp³-hybridized carbons (Fsp3) is 0.263. The first kappa shape index (κ1) is 18.8. The first-order valence-electron chi connectivity index (χ1n) is 8.08. The molecule has 0 radical (unpaired) electrons. The molecule has 5 nitrogen and oxygen atoms in total. The molecule has 0 unspecified atom stereocenters. The molecule has 0 aromatic heterocycles. The Morgan fingerprint density at radius 3 is 2.48 bits per heavy atom. The van der Waals surface area contributed by atoms with Crippen molar-refractivity contribution in [1.29, 1.82) is 0 Å². The molecule has 0 aliphatic heterocycles. The molecular formula is C19H21ClN2O3. The number of halogens is 1. The molecule has 2 amide bonds. The maximum atomic E-state index is 12.5. The second-order valence-corrected chi connectivity index (χ2v) is 5.97. The van der Waals surface area contributed by atoms with Gasteiger partial charge < -0.3 is 15.4 Å². The first-order chi connectivity index (χ1) is 12.0. The molecule has 0 spiro atoms. The van der Waals surface area contributed by atoms with Crippen LogP contribution in [0.2, 0.25) is 5.02 Å². The van der Waals surface area contributed by atoms with Crippen molar-refractivity contribution in [3.63, 3.8) is 0 Å². The number of ether oxygens (including phenoxy) is 1. The lowest BCUT2D eigenvalue weighted by Crippen LogP contribution is -2.14. The average molecular weight is 361 g/mol. The van der Waals surface area contributed by atoms with Crippen molar-refractivity contribution in [2.75, 3.05) is 17.7 Å². The molecule has 0 heterocycles. The normalized spacial score (nSPS) is 10.2. The van der Waals surface area contributed by atoms with E-state index in [1.807, 2.05) is 6.92 Å². The van der Waals surface area contributed by atoms with E-state index < -0.39 is 0 Å². The number of carbonyl (C=O) groups excluding carboxylic acids is 2. The van der Waals surface area contributed by atoms with Gasteiger partial charge in [-0.2, -0.15) is 0 Å². The van der Waals surface area contributed by atoms with E-state index in [0.717, 1.165) is 12.8 Å². The van der Waals surface area contributed by atoms with Crippen LogP contribution in [0, 0.1) is 0 Å². The SMILES string of the molecule is CCCCC(=O)Nc1cccc(NC(=O)c2cc(Cl)ccc2OC)c1. The maximum absolute atomic E-state index is 12.5. The number of nitrogens with one attached hydrogen (secondary N) is 2. The summed E-state index contributed by atoms with van der Waals surface area (Å²) in [7, 11) is 1.49. The molecule has 0 saturated heterocycles. The van der Waals surface area contributed by atoms with Gasteiger partial charge in [0.1, 0.15) is 5.75 Å². The molecule has 132 valence electrons. The van der Waals surface area contributed by atoms with Crippen LogP contribution in [-0.4, -0.2) is 18.9 Å². The summed E-state index contributed by atoms with van der Waals surface area (Å²) in [5.41, 5.74) is 1.55. The Hall–Kier alpha value is -2.53. The molecule has 2 aromatic rings. The lowest BCUT2D eigenvalue weighted by molar-refractivity contribution is -0.116. The van der Waals surface area contributed by atoms with E-state index in [-0.39, 0.29) is 11.8 Å². The van der Waals surface area contributed by atoms with Crippen LogP contribution in [0.4, 0.5) is 11.4 Å². The summed E-state index contributed by atoms with van der Waals surface area (Å²) in [4.78, 5) is 24.3. The largest absolute Gasteiger partial charge is 0.496 e. The minimum absolute atomic E-state index is 0.0400. The van der Waals surface area contributed by atoms with Crippen LogP contribution in [0.5, 0.6) is 5.75 Å². The van der Waals surface area contributed by atoms with Gasteiger partial charge in [0.25, 0.3) is 5.91 Å². The van der Waals surface area contributed by atoms with Crippen LogP contribution < -0.4 is 15.4 Å². The van der Waals surface area contributed by atoms with Gasteiger partial charge in [-0.1, -0.05) is 31.0 Å². The van der Waals surface area contributed by atoms with Crippen LogP contribution in [0.15, 0.2) is 42.5 Å². The van der Waals surface area contributed by atoms with Crippen molar-refractivity contribution in [1.82, 2.24) is 0 Å². The summed E-state index contributed by atoms with van der Waals surface area (Å²) >= 11 is 5.96. The summed E-state index contributed by atoms with van der Waals surface area (Å²) in [6.07, 6.45) is 2.29. The van der Waals surface area contributed by atoms with E-state index in [2.05, 4.69) is 10.6 Å². The van der Waals surface area contributed by atoms with Gasteiger partial charge in [-0.3, -0.25) is 9.59 Å². The number of unbranched alkanes of at least 4 members (excludes halogenated alkanes) is 1. The number of rotatable bonds is 7. The highest BCUT2D eigenvalue weighted by molar-refractivity contribution is 6.31. The summed E-state index contributed by atoms with van der Waals surface area (Å²) in [5.74, 6) is 0.0570. The van der Waals surface area contributed by atoms with E-state index in [9.17, 15) is 9.59 Å². The predicted molar refractivity (Wildman–Crippen MR) is 101 cm³/mol. The van der Waals surface area contributed by atoms with E-state index in [4.69, 9.17) is 16.3 Å². The average Bonchev–Trinajstić information content (AvgIpc) is 2.60. The van der Waals surface area contributed by atoms with E-state index in [1.54, 1.807) is 42.5 Å². The summed E-state index contributed by atoms with van der Waals surface area (Å²) in [6, 6.07) is 11.8. The Labute approximate surface area is 152 Å². The third kappa shape index (κ3) is 5.50. The van der Waals surface area contributed by atoms with Crippen molar-refractivity contribution in [2.24, 2.45) is 0 Å². The number of hydrogen-bond acceptors (Lipinski definition) is 3. The van der Waals surface area contributed by atoms with Crippen molar-refractivity contribution in [3.05, 3.63) is 53.1 Å². The van der Waals surface area contributed by atoms with Crippen LogP contribution >= 0.6 is 11.6 Å². The number of hydrogen-bond donors (Lipinski definition) is 2. The van der Waals surface area contributed by atoms with Crippen LogP contribution in [-0.2, 0) is 4.79 Å². The highest BCUT2D eigenvalue weighted by Gasteiger charge is 2.13. The molecule has 0 fully saturated rings. The summed E-state index contributed by atoms with van der Waals surface area (Å²) in [5, 5.41) is 6.06. The fourth-order valence-corrected chi connectivity index (χ4v) is 2.46. The molecule has 2 aromatic carbocycles. The van der Waals surface area contributed by atoms with Gasteiger partial charge in [-0.05, 0) is 42.8 Å². The Morgan fingerprint density at radius 1 is 1.08 bits per heavy atom. The Balaban J connectivity index is 2.10. The second kappa shape index (κ2) is 9.08. The third-order valence-electron chi connectivity index (χ3n) is 3.57. The third-order valence-corrected chi connectivity index (χ3v) is 3.80. The Kier molecular flexibility index (Phi) is 6.83. The van der Waals surface area contributed by atoms with E-state index in [0.29, 0.717) is 34.1 Å². The molecule has 6 heteroatoms. The zero-order valence-electron chi connectivity index (χ0n) is 14.3. The topological polar surface area (TPSA) is 67.4 Å². The lowest BCUT2D eigenvalue weighted by atomic mass is 10.1. The minimum Gasteiger partial charge on any atom is -0.496 e. The molecule has 0 aliphatic carbocycles. The van der Waals surface area contributed by atoms with Crippen LogP contribution in [0.1, 0.15) is 36.5 Å². The number of anilines is 2. The van der Waals surface area contributed by atoms with Crippen molar-refractivity contribution < 1.29 is 14.3 Å². The van der Waals surface area contributed by atoms with Gasteiger partial charge in [0.15, 0.2) is 0 Å². The summed E-state index contributed by atoms with van der Waals surface area (Å²) in [6.45, 7) is 2.04. The number of methoxy groups -OCH3 is 1. The number of amides is 2. The van der Waals surface area contributed by atoms with Crippen LogP contribution in [0.25, 0.3) is 0 Å². The zero-order valence-corrected chi connectivity index (χ0v) is 15.0. The van der Waals surface area contributed by atoms with Gasteiger partial charge >= 0.3 is 0 Å². The van der Waals surface area contributed by atoms with Gasteiger partial charge in [-0.25, -0.2) is 0 Å². The standard InChI is InChI=1S/C19H21ClN2O3/c1-3-4-8-18(23)21-14-6-5-7-15(12-14)22-19(24)16-11-13(20)9-10-17(16)25-2/h5-7,9-12H,3-4,8H2,1-2H3,(H,21,23)(H,22,24). The quantitative estimate of drug-likeness (QED) is 0.750. The van der Waals surface area contributed by atoms with Crippen LogP contribution in [0.3, 0.4) is 0 Å². The monoisotopic (exact) mass is 360 g/mol. The predicted octanol–water partition coefficient (Wildman–Crippen LogP) is 4.73. The van der Waals surface area contributed by atoms with Gasteiger partial charge in [-0.15, -0.1) is 0 Å². The number of carbonyl (C=O) groups is 2. The highest BCUT2D eigenvalue weighted by atomic mass is 35.5. The second-order valence-electron chi connectivity index (χ2n) is 5.53. The molecule has 2 rings (SSSR count). The summed E-state index contributed by atoms with van der Waals surface area (Å²) < 4.78 is 5.20. The van der Waals surface area contributed by atoms with Gasteiger partial charge in [0.05, 0.1) is 12.7 Å². The number of benzene rings is 2. The molecule has 2 N–H and O–H groups in total. The highest BCUT2D eigenvalue weighted by Crippen LogP contribution is 2.24. The van der Waals surface area contributed by atoms with E-state index in [1.165, 1.54) is 7.11 Å². The van der Waals surface area contributed by atoms with Crippen molar-refractivity contribution >= 4 is 34.8 Å². The minimum atomic E-state index is -0.339. The van der Waals surface area contributed by atoms with Gasteiger partial charge in [0.2, 0.25) is 5.91 Å². The fourth-order valence-electron chi connectivity index (χ4n) is 2.29. The van der Waals surface area contributed by atoms with Crippen molar-refractivity contribution in [3.8, 4) is 5.75 Å². The smallest absolute Gasteiger partial charge is 0.259 e. The molecule has 0 bridgehead atoms. The first-order valence-corrected chi connectivity index (χ1v) is 8.46. The van der Waals surface area contributed by atoms with Crippen molar-refractivity contribution in [2.45, 2.75) is 26.2 Å². The van der Waals surface area contributed by atoms with E-state index >= 15 is 0 Å². The maximum Gasteiger partial charge on any atom is 0.259 e. The Morgan fingerprint density at radius 2 is 1.80 bits per heavy atom. The zero-order chi connectivity index (χ0) is 18.2. The molecule has 0 atom stereocenters. The molecule has 25 heavy (non-hydrogen) atoms. The van der Waals surface area contributed by atoms with Gasteiger partial charge in [0, 0.05) is 22.8 Å². The molecule has 0 saturated carbocycles. The lowest BCUT2D eigenvalue weighted by Gasteiger charge is -2.11. The molecule has 0 aliphatic rings.